The minimum absolute atomic E-state index is 0.243. The summed E-state index contributed by atoms with van der Waals surface area (Å²) in [5, 5.41) is 0. The fourth-order valence-electron chi connectivity index (χ4n) is 2.56. The second-order valence-electron chi connectivity index (χ2n) is 5.32. The maximum Gasteiger partial charge on any atom is 0.276 e. The van der Waals surface area contributed by atoms with Crippen LogP contribution < -0.4 is 15.6 Å². The zero-order chi connectivity index (χ0) is 15.7. The van der Waals surface area contributed by atoms with Gasteiger partial charge in [-0.1, -0.05) is 0 Å². The number of aromatic nitrogens is 1. The highest BCUT2D eigenvalue weighted by Gasteiger charge is 2.26. The van der Waals surface area contributed by atoms with E-state index in [4.69, 9.17) is 5.73 Å². The van der Waals surface area contributed by atoms with Crippen LogP contribution in [0.1, 0.15) is 12.8 Å². The fraction of sp³-hybridized carbons (Fsp3) is 0.267. The molecule has 2 heterocycles. The Hall–Kier alpha value is -1.60. The van der Waals surface area contributed by atoms with Crippen molar-refractivity contribution in [2.45, 2.75) is 22.6 Å². The molecule has 0 unspecified atom stereocenters. The van der Waals surface area contributed by atoms with E-state index in [1.807, 2.05) is 0 Å². The van der Waals surface area contributed by atoms with Crippen molar-refractivity contribution < 1.29 is 13.4 Å². The van der Waals surface area contributed by atoms with E-state index in [0.29, 0.717) is 10.3 Å². The summed E-state index contributed by atoms with van der Waals surface area (Å²) in [7, 11) is -3.56. The lowest BCUT2D eigenvalue weighted by atomic mass is 10.3. The summed E-state index contributed by atoms with van der Waals surface area (Å²) in [4.78, 5) is 5.85. The molecule has 0 radical (unpaired) electrons. The van der Waals surface area contributed by atoms with E-state index in [1.165, 1.54) is 12.1 Å². The maximum atomic E-state index is 12.8. The number of nitrogens with zero attached hydrogens (tertiary/aromatic N) is 1. The number of anilines is 2. The van der Waals surface area contributed by atoms with Gasteiger partial charge in [0.1, 0.15) is 0 Å². The predicted octanol–water partition coefficient (Wildman–Crippen LogP) is 2.28. The number of hydrogen-bond donors (Lipinski definition) is 1. The molecule has 0 amide bonds. The number of nitrogen functional groups attached to an aromatic ring is 1. The Kier molecular flexibility index (Phi) is 4.10. The van der Waals surface area contributed by atoms with Gasteiger partial charge in [-0.05, 0) is 53.0 Å². The molecule has 0 saturated carbocycles. The number of nitrogens with one attached hydrogen (secondary N) is 1. The molecule has 3 N–H and O–H groups in total. The topological polar surface area (TPSA) is 77.5 Å². The summed E-state index contributed by atoms with van der Waals surface area (Å²) >= 11 is 3.37. The van der Waals surface area contributed by atoms with Crippen molar-refractivity contribution in [1.29, 1.82) is 0 Å². The number of benzene rings is 1. The number of sulfone groups is 1. The Morgan fingerprint density at radius 2 is 1.68 bits per heavy atom. The Bertz CT molecular complexity index is 785. The van der Waals surface area contributed by atoms with Crippen LogP contribution in [0.25, 0.3) is 0 Å². The van der Waals surface area contributed by atoms with Crippen LogP contribution in [0.15, 0.2) is 50.8 Å². The SMILES string of the molecule is Nc1ccc(S(=O)(=O)c2cc(Br)[nH+]c(N3CCCC3)c2)cc1. The highest BCUT2D eigenvalue weighted by Crippen LogP contribution is 2.26. The smallest absolute Gasteiger partial charge is 0.276 e. The minimum atomic E-state index is -3.56. The van der Waals surface area contributed by atoms with E-state index in [0.717, 1.165) is 31.7 Å². The van der Waals surface area contributed by atoms with Crippen LogP contribution in [0, 0.1) is 0 Å². The largest absolute Gasteiger partial charge is 0.399 e. The average molecular weight is 383 g/mol. The first-order valence-corrected chi connectivity index (χ1v) is 9.33. The highest BCUT2D eigenvalue weighted by molar-refractivity contribution is 9.10. The molecule has 0 atom stereocenters. The molecular weight excluding hydrogens is 366 g/mol. The molecule has 1 saturated heterocycles. The minimum Gasteiger partial charge on any atom is -0.399 e. The zero-order valence-corrected chi connectivity index (χ0v) is 14.3. The summed E-state index contributed by atoms with van der Waals surface area (Å²) < 4.78 is 26.2. The van der Waals surface area contributed by atoms with Crippen LogP contribution in [0.2, 0.25) is 0 Å². The van der Waals surface area contributed by atoms with E-state index in [1.54, 1.807) is 24.3 Å². The molecule has 1 aromatic heterocycles. The monoisotopic (exact) mass is 382 g/mol. The summed E-state index contributed by atoms with van der Waals surface area (Å²) in [6.45, 7) is 1.88. The van der Waals surface area contributed by atoms with Crippen molar-refractivity contribution in [3.8, 4) is 0 Å². The Morgan fingerprint density at radius 3 is 2.32 bits per heavy atom. The van der Waals surface area contributed by atoms with E-state index in [2.05, 4.69) is 25.8 Å². The standard InChI is InChI=1S/C15H16BrN3O2S/c16-14-9-13(10-15(18-14)19-7-1-2-8-19)22(20,21)12-5-3-11(17)4-6-12/h3-6,9-10H,1-2,7-8,17H2/p+1. The van der Waals surface area contributed by atoms with Gasteiger partial charge in [0.15, 0.2) is 4.60 Å². The van der Waals surface area contributed by atoms with Crippen LogP contribution in [-0.2, 0) is 9.84 Å². The van der Waals surface area contributed by atoms with Crippen molar-refractivity contribution in [3.63, 3.8) is 0 Å². The molecule has 1 aliphatic heterocycles. The first kappa shape index (κ1) is 15.3. The predicted molar refractivity (Wildman–Crippen MR) is 88.5 cm³/mol. The fourth-order valence-corrected chi connectivity index (χ4v) is 4.47. The third-order valence-electron chi connectivity index (χ3n) is 3.74. The van der Waals surface area contributed by atoms with E-state index in [-0.39, 0.29) is 9.79 Å². The van der Waals surface area contributed by atoms with Gasteiger partial charge in [-0.15, -0.1) is 0 Å². The lowest BCUT2D eigenvalue weighted by Crippen LogP contribution is -2.26. The second kappa shape index (κ2) is 5.89. The van der Waals surface area contributed by atoms with E-state index >= 15 is 0 Å². The van der Waals surface area contributed by atoms with Gasteiger partial charge in [0, 0.05) is 17.8 Å². The van der Waals surface area contributed by atoms with Crippen LogP contribution in [-0.4, -0.2) is 21.5 Å². The molecule has 22 heavy (non-hydrogen) atoms. The zero-order valence-electron chi connectivity index (χ0n) is 11.9. The van der Waals surface area contributed by atoms with Crippen LogP contribution in [0.3, 0.4) is 0 Å². The third kappa shape index (κ3) is 2.96. The molecule has 1 aromatic carbocycles. The number of aromatic amines is 1. The van der Waals surface area contributed by atoms with E-state index < -0.39 is 9.84 Å². The lowest BCUT2D eigenvalue weighted by molar-refractivity contribution is -0.378. The van der Waals surface area contributed by atoms with E-state index in [9.17, 15) is 8.42 Å². The summed E-state index contributed by atoms with van der Waals surface area (Å²) in [6, 6.07) is 9.54. The first-order valence-electron chi connectivity index (χ1n) is 7.05. The van der Waals surface area contributed by atoms with Gasteiger partial charge in [-0.25, -0.2) is 13.4 Å². The Balaban J connectivity index is 2.04. The Labute approximate surface area is 138 Å². The molecule has 3 rings (SSSR count). The van der Waals surface area contributed by atoms with Crippen molar-refractivity contribution in [1.82, 2.24) is 0 Å². The molecule has 0 bridgehead atoms. The van der Waals surface area contributed by atoms with Crippen LogP contribution >= 0.6 is 15.9 Å². The molecule has 1 aliphatic rings. The normalized spacial score (nSPS) is 15.2. The molecule has 2 aromatic rings. The van der Waals surface area contributed by atoms with Crippen LogP contribution in [0.5, 0.6) is 0 Å². The second-order valence-corrected chi connectivity index (χ2v) is 8.12. The van der Waals surface area contributed by atoms with Crippen molar-refractivity contribution in [2.24, 2.45) is 0 Å². The number of halogens is 1. The van der Waals surface area contributed by atoms with Crippen molar-refractivity contribution in [3.05, 3.63) is 41.0 Å². The van der Waals surface area contributed by atoms with Crippen molar-refractivity contribution in [2.75, 3.05) is 23.7 Å². The van der Waals surface area contributed by atoms with Gasteiger partial charge in [0.05, 0.1) is 22.9 Å². The van der Waals surface area contributed by atoms with Gasteiger partial charge < -0.3 is 5.73 Å². The van der Waals surface area contributed by atoms with Crippen molar-refractivity contribution >= 4 is 37.3 Å². The quantitative estimate of drug-likeness (QED) is 0.652. The molecule has 5 nitrogen and oxygen atoms in total. The van der Waals surface area contributed by atoms with Gasteiger partial charge >= 0.3 is 0 Å². The highest BCUT2D eigenvalue weighted by atomic mass is 79.9. The number of nitrogens with two attached hydrogens (primary N) is 1. The summed E-state index contributed by atoms with van der Waals surface area (Å²) in [6.07, 6.45) is 2.25. The number of rotatable bonds is 3. The third-order valence-corrected chi connectivity index (χ3v) is 5.92. The Morgan fingerprint density at radius 1 is 1.05 bits per heavy atom. The maximum absolute atomic E-state index is 12.8. The number of pyridine rings is 1. The number of H-pyrrole nitrogens is 1. The van der Waals surface area contributed by atoms with Gasteiger partial charge in [0.2, 0.25) is 9.84 Å². The lowest BCUT2D eigenvalue weighted by Gasteiger charge is -2.11. The average Bonchev–Trinajstić information content (AvgIpc) is 3.01. The molecular formula is C15H17BrN3O2S+. The first-order chi connectivity index (χ1) is 10.5. The molecule has 116 valence electrons. The molecule has 7 heteroatoms. The molecule has 0 spiro atoms. The number of hydrogen-bond acceptors (Lipinski definition) is 4. The molecule has 0 aliphatic carbocycles. The van der Waals surface area contributed by atoms with Gasteiger partial charge in [0.25, 0.3) is 5.82 Å². The summed E-state index contributed by atoms with van der Waals surface area (Å²) in [5.41, 5.74) is 6.17. The summed E-state index contributed by atoms with van der Waals surface area (Å²) in [5.74, 6) is 0.820. The molecule has 1 fully saturated rings. The van der Waals surface area contributed by atoms with Gasteiger partial charge in [-0.3, -0.25) is 4.90 Å². The van der Waals surface area contributed by atoms with Crippen LogP contribution in [0.4, 0.5) is 11.5 Å². The van der Waals surface area contributed by atoms with Gasteiger partial charge in [-0.2, -0.15) is 0 Å².